The third-order valence-corrected chi connectivity index (χ3v) is 4.05. The number of carbonyl (C=O) groups is 1. The highest BCUT2D eigenvalue weighted by molar-refractivity contribution is 6.30. The zero-order valence-corrected chi connectivity index (χ0v) is 14.1. The van der Waals surface area contributed by atoms with Crippen molar-refractivity contribution in [3.63, 3.8) is 0 Å². The zero-order chi connectivity index (χ0) is 17.3. The number of pyridine rings is 2. The van der Waals surface area contributed by atoms with E-state index in [1.807, 2.05) is 23.6 Å². The molecule has 0 atom stereocenters. The number of nitrogens with one attached hydrogen (secondary N) is 1. The summed E-state index contributed by atoms with van der Waals surface area (Å²) in [4.78, 5) is 29.1. The summed E-state index contributed by atoms with van der Waals surface area (Å²) in [5.41, 5.74) is 2.14. The minimum absolute atomic E-state index is 0.101. The number of aromatic nitrogens is 2. The van der Waals surface area contributed by atoms with Crippen molar-refractivity contribution in [2.45, 2.75) is 13.5 Å². The number of carbonyl (C=O) groups excluding carboxylic acids is 1. The molecule has 0 saturated heterocycles. The van der Waals surface area contributed by atoms with Gasteiger partial charge >= 0.3 is 0 Å². The number of hydrogen-bond acceptors (Lipinski definition) is 3. The number of halogens is 1. The second-order valence-electron chi connectivity index (χ2n) is 5.53. The van der Waals surface area contributed by atoms with Gasteiger partial charge in [0.1, 0.15) is 11.2 Å². The van der Waals surface area contributed by atoms with E-state index in [9.17, 15) is 9.59 Å². The van der Waals surface area contributed by atoms with Crippen molar-refractivity contribution in [3.8, 4) is 0 Å². The van der Waals surface area contributed by atoms with Gasteiger partial charge in [-0.2, -0.15) is 0 Å². The molecule has 5 nitrogen and oxygen atoms in total. The van der Waals surface area contributed by atoms with E-state index in [0.717, 1.165) is 11.3 Å². The summed E-state index contributed by atoms with van der Waals surface area (Å²) in [6, 6.07) is 10.9. The van der Waals surface area contributed by atoms with Gasteiger partial charge in [-0.15, -0.1) is 0 Å². The molecule has 1 aromatic carbocycles. The lowest BCUT2D eigenvalue weighted by Crippen LogP contribution is -2.27. The van der Waals surface area contributed by atoms with E-state index < -0.39 is 5.91 Å². The molecule has 0 aliphatic rings. The van der Waals surface area contributed by atoms with Gasteiger partial charge in [0.2, 0.25) is 5.43 Å². The lowest BCUT2D eigenvalue weighted by atomic mass is 10.1. The average Bonchev–Trinajstić information content (AvgIpc) is 2.58. The maximum atomic E-state index is 12.6. The van der Waals surface area contributed by atoms with Crippen LogP contribution in [0.5, 0.6) is 0 Å². The molecule has 2 aromatic heterocycles. The van der Waals surface area contributed by atoms with E-state index in [1.165, 1.54) is 7.05 Å². The lowest BCUT2D eigenvalue weighted by Gasteiger charge is -2.13. The van der Waals surface area contributed by atoms with E-state index in [0.29, 0.717) is 22.6 Å². The quantitative estimate of drug-likeness (QED) is 0.796. The third kappa shape index (κ3) is 3.03. The largest absolute Gasteiger partial charge is 0.355 e. The molecule has 6 heteroatoms. The van der Waals surface area contributed by atoms with Crippen molar-refractivity contribution in [1.29, 1.82) is 0 Å². The molecule has 3 aromatic rings. The first-order valence-corrected chi connectivity index (χ1v) is 7.84. The third-order valence-electron chi connectivity index (χ3n) is 3.80. The van der Waals surface area contributed by atoms with Crippen molar-refractivity contribution in [2.24, 2.45) is 0 Å². The highest BCUT2D eigenvalue weighted by Crippen LogP contribution is 2.15. The molecule has 1 amide bonds. The smallest absolute Gasteiger partial charge is 0.256 e. The van der Waals surface area contributed by atoms with Crippen molar-refractivity contribution >= 4 is 28.5 Å². The van der Waals surface area contributed by atoms with Crippen LogP contribution in [0.25, 0.3) is 11.0 Å². The molecule has 0 saturated carbocycles. The van der Waals surface area contributed by atoms with Crippen LogP contribution < -0.4 is 10.7 Å². The second kappa shape index (κ2) is 6.45. The number of fused-ring (bicyclic) bond motifs is 1. The van der Waals surface area contributed by atoms with Gasteiger partial charge in [-0.05, 0) is 36.8 Å². The van der Waals surface area contributed by atoms with E-state index in [1.54, 1.807) is 30.5 Å². The highest BCUT2D eigenvalue weighted by Gasteiger charge is 2.15. The fraction of sp³-hybridized carbons (Fsp3) is 0.167. The average molecular weight is 342 g/mol. The number of hydrogen-bond donors (Lipinski definition) is 1. The van der Waals surface area contributed by atoms with Crippen LogP contribution in [0.3, 0.4) is 0 Å². The van der Waals surface area contributed by atoms with Gasteiger partial charge < -0.3 is 9.88 Å². The molecule has 2 heterocycles. The van der Waals surface area contributed by atoms with Crippen molar-refractivity contribution in [2.75, 3.05) is 7.05 Å². The fourth-order valence-electron chi connectivity index (χ4n) is 2.56. The maximum absolute atomic E-state index is 12.6. The molecular formula is C18H16ClN3O2. The summed E-state index contributed by atoms with van der Waals surface area (Å²) >= 11 is 5.92. The van der Waals surface area contributed by atoms with Gasteiger partial charge in [0, 0.05) is 30.5 Å². The van der Waals surface area contributed by atoms with Gasteiger partial charge in [-0.3, -0.25) is 9.59 Å². The van der Waals surface area contributed by atoms with Crippen molar-refractivity contribution in [1.82, 2.24) is 14.9 Å². The maximum Gasteiger partial charge on any atom is 0.256 e. The second-order valence-corrected chi connectivity index (χ2v) is 5.97. The van der Waals surface area contributed by atoms with Crippen LogP contribution in [-0.2, 0) is 6.54 Å². The highest BCUT2D eigenvalue weighted by atomic mass is 35.5. The van der Waals surface area contributed by atoms with Crippen molar-refractivity contribution in [3.05, 3.63) is 74.7 Å². The number of benzene rings is 1. The summed E-state index contributed by atoms with van der Waals surface area (Å²) in [5.74, 6) is -0.410. The van der Waals surface area contributed by atoms with E-state index in [2.05, 4.69) is 10.3 Å². The molecular weight excluding hydrogens is 326 g/mol. The summed E-state index contributed by atoms with van der Waals surface area (Å²) in [6.07, 6.45) is 1.56. The summed E-state index contributed by atoms with van der Waals surface area (Å²) in [5, 5.41) is 3.59. The van der Waals surface area contributed by atoms with Crippen LogP contribution in [0.2, 0.25) is 5.02 Å². The van der Waals surface area contributed by atoms with E-state index in [4.69, 9.17) is 11.6 Å². The molecule has 0 aliphatic heterocycles. The molecule has 122 valence electrons. The van der Waals surface area contributed by atoms with E-state index >= 15 is 0 Å². The molecule has 0 spiro atoms. The Morgan fingerprint density at radius 3 is 2.58 bits per heavy atom. The Hall–Kier alpha value is -2.66. The Balaban J connectivity index is 2.22. The Morgan fingerprint density at radius 1 is 1.21 bits per heavy atom. The van der Waals surface area contributed by atoms with Crippen LogP contribution in [0.15, 0.2) is 47.4 Å². The number of nitrogens with zero attached hydrogens (tertiary/aromatic N) is 2. The van der Waals surface area contributed by atoms with Crippen LogP contribution in [-0.4, -0.2) is 22.5 Å². The number of aryl methyl sites for hydroxylation is 1. The van der Waals surface area contributed by atoms with Crippen LogP contribution in [0.4, 0.5) is 0 Å². The molecule has 0 fully saturated rings. The Morgan fingerprint density at radius 2 is 1.92 bits per heavy atom. The first kappa shape index (κ1) is 16.2. The zero-order valence-electron chi connectivity index (χ0n) is 13.3. The van der Waals surface area contributed by atoms with Crippen LogP contribution in [0, 0.1) is 6.92 Å². The number of rotatable bonds is 3. The van der Waals surface area contributed by atoms with Crippen LogP contribution >= 0.6 is 11.6 Å². The molecule has 0 bridgehead atoms. The molecule has 0 aliphatic carbocycles. The molecule has 0 radical (unpaired) electrons. The minimum Gasteiger partial charge on any atom is -0.355 e. The Labute approximate surface area is 143 Å². The normalized spacial score (nSPS) is 10.8. The van der Waals surface area contributed by atoms with Gasteiger partial charge in [-0.1, -0.05) is 23.7 Å². The topological polar surface area (TPSA) is 64.0 Å². The van der Waals surface area contributed by atoms with Gasteiger partial charge in [-0.25, -0.2) is 4.98 Å². The summed E-state index contributed by atoms with van der Waals surface area (Å²) in [7, 11) is 1.50. The van der Waals surface area contributed by atoms with E-state index in [-0.39, 0.29) is 11.0 Å². The molecule has 0 unspecified atom stereocenters. The van der Waals surface area contributed by atoms with Gasteiger partial charge in [0.25, 0.3) is 5.91 Å². The molecule has 24 heavy (non-hydrogen) atoms. The van der Waals surface area contributed by atoms with Crippen LogP contribution in [0.1, 0.15) is 21.6 Å². The van der Waals surface area contributed by atoms with Gasteiger partial charge in [0.05, 0.1) is 5.39 Å². The Kier molecular flexibility index (Phi) is 4.36. The molecule has 1 N–H and O–H groups in total. The first-order valence-electron chi connectivity index (χ1n) is 7.47. The lowest BCUT2D eigenvalue weighted by molar-refractivity contribution is 0.0961. The fourth-order valence-corrected chi connectivity index (χ4v) is 2.69. The minimum atomic E-state index is -0.410. The van der Waals surface area contributed by atoms with Crippen molar-refractivity contribution < 1.29 is 4.79 Å². The summed E-state index contributed by atoms with van der Waals surface area (Å²) in [6.45, 7) is 2.34. The predicted molar refractivity (Wildman–Crippen MR) is 94.7 cm³/mol. The predicted octanol–water partition coefficient (Wildman–Crippen LogP) is 2.77. The standard InChI is InChI=1S/C18H16ClN3O2/c1-11-3-8-14-16(23)15(18(24)20-2)10-22(17(14)21-11)9-12-4-6-13(19)7-5-12/h3-8,10H,9H2,1-2H3,(H,20,24). The monoisotopic (exact) mass is 341 g/mol. The first-order chi connectivity index (χ1) is 11.5. The molecule has 3 rings (SSSR count). The SMILES string of the molecule is CNC(=O)c1cn(Cc2ccc(Cl)cc2)c2nc(C)ccc2c1=O. The number of amides is 1. The summed E-state index contributed by atoms with van der Waals surface area (Å²) < 4.78 is 1.82. The Bertz CT molecular complexity index is 978. The van der Waals surface area contributed by atoms with Gasteiger partial charge in [0.15, 0.2) is 0 Å².